The molecular weight excluding hydrogens is 388 g/mol. The number of carboxylic acid groups (broad SMARTS) is 1. The first-order valence-electron chi connectivity index (χ1n) is 7.64. The van der Waals surface area contributed by atoms with Crippen molar-refractivity contribution in [3.05, 3.63) is 74.2 Å². The van der Waals surface area contributed by atoms with Crippen LogP contribution in [0.4, 0.5) is 11.4 Å². The van der Waals surface area contributed by atoms with Gasteiger partial charge in [0.2, 0.25) is 0 Å². The van der Waals surface area contributed by atoms with Gasteiger partial charge in [0, 0.05) is 12.1 Å². The highest BCUT2D eigenvalue weighted by Gasteiger charge is 2.34. The fraction of sp³-hybridized carbons (Fsp3) is 0.0556. The predicted octanol–water partition coefficient (Wildman–Crippen LogP) is 4.01. The lowest BCUT2D eigenvalue weighted by atomic mass is 10.1. The van der Waals surface area contributed by atoms with Crippen molar-refractivity contribution >= 4 is 57.6 Å². The van der Waals surface area contributed by atoms with Crippen LogP contribution in [0.3, 0.4) is 0 Å². The van der Waals surface area contributed by atoms with Crippen LogP contribution in [-0.2, 0) is 4.79 Å². The van der Waals surface area contributed by atoms with Gasteiger partial charge in [-0.15, -0.1) is 0 Å². The number of thiocarbonyl (C=S) groups is 1. The summed E-state index contributed by atoms with van der Waals surface area (Å²) in [7, 11) is 0. The molecule has 1 aliphatic heterocycles. The monoisotopic (exact) mass is 400 g/mol. The van der Waals surface area contributed by atoms with E-state index in [2.05, 4.69) is 0 Å². The lowest BCUT2D eigenvalue weighted by Crippen LogP contribution is -2.28. The van der Waals surface area contributed by atoms with Gasteiger partial charge in [-0.25, -0.2) is 4.79 Å². The number of hydrogen-bond acceptors (Lipinski definition) is 6. The van der Waals surface area contributed by atoms with Gasteiger partial charge in [0.05, 0.1) is 21.1 Å². The number of carbonyl (C=O) groups is 2. The fourth-order valence-corrected chi connectivity index (χ4v) is 3.79. The van der Waals surface area contributed by atoms with E-state index in [-0.39, 0.29) is 17.2 Å². The van der Waals surface area contributed by atoms with E-state index in [0.29, 0.717) is 26.0 Å². The molecule has 1 saturated heterocycles. The molecular formula is C18H12N2O5S2. The molecule has 0 unspecified atom stereocenters. The largest absolute Gasteiger partial charge is 0.478 e. The third kappa shape index (κ3) is 3.74. The Kier molecular flexibility index (Phi) is 5.06. The number of anilines is 1. The second-order valence-corrected chi connectivity index (χ2v) is 7.35. The Morgan fingerprint density at radius 2 is 1.93 bits per heavy atom. The zero-order valence-corrected chi connectivity index (χ0v) is 15.5. The van der Waals surface area contributed by atoms with Crippen molar-refractivity contribution in [1.82, 2.24) is 0 Å². The van der Waals surface area contributed by atoms with Gasteiger partial charge in [-0.3, -0.25) is 19.8 Å². The van der Waals surface area contributed by atoms with Crippen molar-refractivity contribution in [3.8, 4) is 0 Å². The number of nitrogens with zero attached hydrogens (tertiary/aromatic N) is 2. The van der Waals surface area contributed by atoms with Gasteiger partial charge in [-0.1, -0.05) is 30.0 Å². The van der Waals surface area contributed by atoms with E-state index in [1.165, 1.54) is 29.2 Å². The van der Waals surface area contributed by atoms with E-state index >= 15 is 0 Å². The molecule has 1 fully saturated rings. The number of amides is 1. The zero-order chi connectivity index (χ0) is 19.7. The summed E-state index contributed by atoms with van der Waals surface area (Å²) in [5, 5.41) is 19.9. The van der Waals surface area contributed by atoms with Gasteiger partial charge >= 0.3 is 5.97 Å². The highest BCUT2D eigenvalue weighted by Crippen LogP contribution is 2.37. The van der Waals surface area contributed by atoms with E-state index < -0.39 is 10.9 Å². The topological polar surface area (TPSA) is 101 Å². The lowest BCUT2D eigenvalue weighted by molar-refractivity contribution is -0.384. The van der Waals surface area contributed by atoms with Gasteiger partial charge in [-0.05, 0) is 48.4 Å². The van der Waals surface area contributed by atoms with Gasteiger partial charge < -0.3 is 5.11 Å². The summed E-state index contributed by atoms with van der Waals surface area (Å²) in [6.45, 7) is 1.76. The van der Waals surface area contributed by atoms with Crippen LogP contribution in [0.1, 0.15) is 21.5 Å². The van der Waals surface area contributed by atoms with E-state index in [1.807, 2.05) is 0 Å². The number of carboxylic acids is 1. The van der Waals surface area contributed by atoms with E-state index in [9.17, 15) is 24.8 Å². The molecule has 1 N–H and O–H groups in total. The maximum Gasteiger partial charge on any atom is 0.335 e. The Labute approximate surface area is 163 Å². The number of benzene rings is 2. The summed E-state index contributed by atoms with van der Waals surface area (Å²) in [4.78, 5) is 35.9. The number of aromatic carboxylic acids is 1. The third-order valence-electron chi connectivity index (χ3n) is 3.89. The summed E-state index contributed by atoms with van der Waals surface area (Å²) in [5.41, 5.74) is 1.78. The predicted molar refractivity (Wildman–Crippen MR) is 107 cm³/mol. The average Bonchev–Trinajstić information content (AvgIpc) is 2.89. The van der Waals surface area contributed by atoms with Crippen molar-refractivity contribution < 1.29 is 19.6 Å². The number of non-ortho nitro benzene ring substituents is 1. The molecule has 1 amide bonds. The quantitative estimate of drug-likeness (QED) is 0.358. The van der Waals surface area contributed by atoms with E-state index in [4.69, 9.17) is 12.2 Å². The number of carbonyl (C=O) groups excluding carboxylic acids is 1. The van der Waals surface area contributed by atoms with Crippen molar-refractivity contribution in [1.29, 1.82) is 0 Å². The number of rotatable bonds is 4. The number of thioether (sulfide) groups is 1. The highest BCUT2D eigenvalue weighted by molar-refractivity contribution is 8.27. The molecule has 27 heavy (non-hydrogen) atoms. The van der Waals surface area contributed by atoms with Crippen LogP contribution in [0.2, 0.25) is 0 Å². The first kappa shape index (κ1) is 18.7. The van der Waals surface area contributed by atoms with Crippen LogP contribution < -0.4 is 4.90 Å². The third-order valence-corrected chi connectivity index (χ3v) is 5.19. The molecule has 0 spiro atoms. The molecule has 9 heteroatoms. The van der Waals surface area contributed by atoms with Gasteiger partial charge in [-0.2, -0.15) is 0 Å². The molecule has 7 nitrogen and oxygen atoms in total. The first-order chi connectivity index (χ1) is 12.8. The summed E-state index contributed by atoms with van der Waals surface area (Å²) in [6.07, 6.45) is 1.60. The van der Waals surface area contributed by atoms with Crippen LogP contribution in [0, 0.1) is 17.0 Å². The first-order valence-corrected chi connectivity index (χ1v) is 8.87. The number of nitro groups is 1. The minimum atomic E-state index is -1.09. The molecule has 0 atom stereocenters. The molecule has 2 aromatic carbocycles. The fourth-order valence-electron chi connectivity index (χ4n) is 2.50. The van der Waals surface area contributed by atoms with Gasteiger partial charge in [0.25, 0.3) is 11.6 Å². The minimum Gasteiger partial charge on any atom is -0.478 e. The van der Waals surface area contributed by atoms with Crippen LogP contribution in [-0.4, -0.2) is 26.2 Å². The maximum atomic E-state index is 12.8. The Balaban J connectivity index is 1.95. The molecule has 3 rings (SSSR count). The lowest BCUT2D eigenvalue weighted by Gasteiger charge is -2.17. The summed E-state index contributed by atoms with van der Waals surface area (Å²) in [5.74, 6) is -1.46. The minimum absolute atomic E-state index is 0.0409. The van der Waals surface area contributed by atoms with Crippen molar-refractivity contribution in [3.63, 3.8) is 0 Å². The molecule has 2 aromatic rings. The summed E-state index contributed by atoms with van der Waals surface area (Å²) >= 11 is 6.40. The van der Waals surface area contributed by atoms with Crippen LogP contribution in [0.15, 0.2) is 47.4 Å². The smallest absolute Gasteiger partial charge is 0.335 e. The van der Waals surface area contributed by atoms with Crippen LogP contribution in [0.25, 0.3) is 6.08 Å². The molecule has 136 valence electrons. The number of nitro benzene ring substituents is 1. The Hall–Kier alpha value is -3.04. The van der Waals surface area contributed by atoms with Gasteiger partial charge in [0.15, 0.2) is 4.32 Å². The molecule has 0 saturated carbocycles. The Bertz CT molecular complexity index is 1010. The van der Waals surface area contributed by atoms with Gasteiger partial charge in [0.1, 0.15) is 0 Å². The second-order valence-electron chi connectivity index (χ2n) is 5.67. The summed E-state index contributed by atoms with van der Waals surface area (Å²) < 4.78 is 0.291. The SMILES string of the molecule is Cc1ccc(C(=O)O)cc1N1C(=O)C(=Cc2ccc([N+](=O)[O-])cc2)SC1=S. The van der Waals surface area contributed by atoms with Crippen molar-refractivity contribution in [2.24, 2.45) is 0 Å². The van der Waals surface area contributed by atoms with Crippen LogP contribution >= 0.6 is 24.0 Å². The molecule has 0 radical (unpaired) electrons. The summed E-state index contributed by atoms with van der Waals surface area (Å²) in [6, 6.07) is 10.3. The number of aryl methyl sites for hydroxylation is 1. The normalized spacial score (nSPS) is 15.4. The Morgan fingerprint density at radius 1 is 1.26 bits per heavy atom. The highest BCUT2D eigenvalue weighted by atomic mass is 32.2. The second kappa shape index (κ2) is 7.29. The van der Waals surface area contributed by atoms with Crippen molar-refractivity contribution in [2.45, 2.75) is 6.92 Å². The van der Waals surface area contributed by atoms with Crippen molar-refractivity contribution in [2.75, 3.05) is 4.90 Å². The average molecular weight is 400 g/mol. The Morgan fingerprint density at radius 3 is 2.52 bits per heavy atom. The van der Waals surface area contributed by atoms with E-state index in [1.54, 1.807) is 31.2 Å². The molecule has 0 aliphatic carbocycles. The number of hydrogen-bond donors (Lipinski definition) is 1. The molecule has 0 bridgehead atoms. The maximum absolute atomic E-state index is 12.8. The zero-order valence-electron chi connectivity index (χ0n) is 13.9. The van der Waals surface area contributed by atoms with E-state index in [0.717, 1.165) is 11.8 Å². The standard InChI is InChI=1S/C18H12N2O5S2/c1-10-2-5-12(17(22)23)9-14(10)19-16(21)15(27-18(19)26)8-11-3-6-13(7-4-11)20(24)25/h2-9H,1H3,(H,22,23). The van der Waals surface area contributed by atoms with Crippen LogP contribution in [0.5, 0.6) is 0 Å². The molecule has 1 heterocycles. The molecule has 0 aromatic heterocycles. The molecule has 1 aliphatic rings.